The second-order valence-electron chi connectivity index (χ2n) is 14.0. The number of rotatable bonds is 13. The zero-order valence-electron chi connectivity index (χ0n) is 31.8. The van der Waals surface area contributed by atoms with Gasteiger partial charge in [0.05, 0.1) is 11.3 Å². The number of tetrazole rings is 1. The summed E-state index contributed by atoms with van der Waals surface area (Å²) < 4.78 is 43.7. The fraction of sp³-hybridized carbons (Fsp3) is 0.191. The first-order valence-corrected chi connectivity index (χ1v) is 19.1. The number of aromatic nitrogens is 4. The number of alkyl halides is 3. The molecule has 0 saturated carbocycles. The fourth-order valence-corrected chi connectivity index (χ4v) is 7.54. The molecule has 0 saturated heterocycles. The highest BCUT2D eigenvalue weighted by Crippen LogP contribution is 2.43. The number of halogens is 3. The largest absolute Gasteiger partial charge is 0.418 e. The van der Waals surface area contributed by atoms with Gasteiger partial charge in [-0.2, -0.15) is 13.2 Å². The van der Waals surface area contributed by atoms with Gasteiger partial charge in [-0.1, -0.05) is 171 Å². The van der Waals surface area contributed by atoms with Crippen LogP contribution in [0.15, 0.2) is 164 Å². The van der Waals surface area contributed by atoms with E-state index in [4.69, 9.17) is 5.21 Å². The smallest absolute Gasteiger partial charge is 0.320 e. The highest BCUT2D eigenvalue weighted by Gasteiger charge is 2.42. The number of benzene rings is 6. The first-order valence-electron chi connectivity index (χ1n) is 19.1. The zero-order valence-corrected chi connectivity index (χ0v) is 31.8. The predicted molar refractivity (Wildman–Crippen MR) is 218 cm³/mol. The van der Waals surface area contributed by atoms with Gasteiger partial charge in [0.15, 0.2) is 5.82 Å². The fourth-order valence-electron chi connectivity index (χ4n) is 7.54. The number of hydrogen-bond acceptors (Lipinski definition) is 4. The second-order valence-corrected chi connectivity index (χ2v) is 14.0. The van der Waals surface area contributed by atoms with Crippen molar-refractivity contribution in [3.8, 4) is 22.5 Å². The molecule has 7 aromatic rings. The summed E-state index contributed by atoms with van der Waals surface area (Å²) in [6.45, 7) is 2.71. The molecule has 0 aliphatic rings. The van der Waals surface area contributed by atoms with E-state index in [1.165, 1.54) is 25.2 Å². The number of carbonyl (C=O) groups excluding carboxylic acids is 1. The van der Waals surface area contributed by atoms with Crippen LogP contribution in [0.1, 0.15) is 54.0 Å². The van der Waals surface area contributed by atoms with E-state index in [9.17, 15) is 18.0 Å². The van der Waals surface area contributed by atoms with Gasteiger partial charge in [-0.15, -0.1) is 5.10 Å². The van der Waals surface area contributed by atoms with E-state index < -0.39 is 23.3 Å². The summed E-state index contributed by atoms with van der Waals surface area (Å²) in [4.78, 5) is 16.6. The third-order valence-electron chi connectivity index (χ3n) is 10.3. The van der Waals surface area contributed by atoms with E-state index in [1.54, 1.807) is 4.90 Å². The van der Waals surface area contributed by atoms with Crippen molar-refractivity contribution in [1.82, 2.24) is 25.1 Å². The normalized spacial score (nSPS) is 11.7. The molecule has 7 rings (SSSR count). The van der Waals surface area contributed by atoms with Gasteiger partial charge in [0.25, 0.3) is 0 Å². The minimum Gasteiger partial charge on any atom is -0.320 e. The average molecular weight is 765 g/mol. The SMILES string of the molecule is CCCCCN(Cc1ccc(-c2ccccc2-c2nnnn2C(c2ccccc2)(c2ccccc2)c2ccccc2)cc1)C(=O)N(C)c1ccccc1C(F)(F)F. The van der Waals surface area contributed by atoms with Crippen molar-refractivity contribution in [2.24, 2.45) is 0 Å². The summed E-state index contributed by atoms with van der Waals surface area (Å²) in [7, 11) is 1.40. The molecule has 0 spiro atoms. The molecule has 288 valence electrons. The number of unbranched alkanes of at least 4 members (excludes halogenated alkanes) is 2. The Kier molecular flexibility index (Phi) is 11.6. The lowest BCUT2D eigenvalue weighted by molar-refractivity contribution is -0.137. The van der Waals surface area contributed by atoms with E-state index in [2.05, 4.69) is 53.6 Å². The number of anilines is 1. The molecule has 0 unspecified atom stereocenters. The highest BCUT2D eigenvalue weighted by molar-refractivity contribution is 5.92. The molecule has 1 heterocycles. The Bertz CT molecular complexity index is 2290. The third kappa shape index (κ3) is 7.94. The maximum Gasteiger partial charge on any atom is 0.418 e. The maximum absolute atomic E-state index is 13.9. The topological polar surface area (TPSA) is 67.2 Å². The van der Waals surface area contributed by atoms with Crippen LogP contribution in [0.5, 0.6) is 0 Å². The van der Waals surface area contributed by atoms with Crippen LogP contribution in [0.2, 0.25) is 0 Å². The van der Waals surface area contributed by atoms with Crippen molar-refractivity contribution >= 4 is 11.7 Å². The molecule has 0 atom stereocenters. The molecule has 0 aliphatic heterocycles. The molecular weight excluding hydrogens is 722 g/mol. The number of urea groups is 1. The van der Waals surface area contributed by atoms with E-state index in [0.29, 0.717) is 12.4 Å². The standard InChI is InChI=1S/C47H43F3N6O/c1-3-4-18-33-55(45(57)54(2)43-28-17-16-27-42(43)47(48,49)50)34-35-29-31-36(32-30-35)40-25-14-15-26-41(40)44-51-52-53-56(44)46(37-19-8-5-9-20-37,38-21-10-6-11-22-38)39-23-12-7-13-24-39/h5-17,19-32H,3-4,18,33-34H2,1-2H3. The molecule has 7 nitrogen and oxygen atoms in total. The molecule has 57 heavy (non-hydrogen) atoms. The van der Waals surface area contributed by atoms with E-state index in [-0.39, 0.29) is 12.2 Å². The van der Waals surface area contributed by atoms with Crippen molar-refractivity contribution in [2.45, 2.75) is 44.4 Å². The number of para-hydroxylation sites is 1. The van der Waals surface area contributed by atoms with Crippen molar-refractivity contribution in [3.05, 3.63) is 192 Å². The summed E-state index contributed by atoms with van der Waals surface area (Å²) >= 11 is 0. The van der Waals surface area contributed by atoms with Crippen molar-refractivity contribution in [3.63, 3.8) is 0 Å². The van der Waals surface area contributed by atoms with Crippen LogP contribution >= 0.6 is 0 Å². The van der Waals surface area contributed by atoms with E-state index >= 15 is 0 Å². The monoisotopic (exact) mass is 764 g/mol. The van der Waals surface area contributed by atoms with Gasteiger partial charge in [0.1, 0.15) is 5.54 Å². The van der Waals surface area contributed by atoms with Crippen LogP contribution in [0.25, 0.3) is 22.5 Å². The zero-order chi connectivity index (χ0) is 39.8. The van der Waals surface area contributed by atoms with Crippen molar-refractivity contribution < 1.29 is 18.0 Å². The lowest BCUT2D eigenvalue weighted by Crippen LogP contribution is -2.42. The first-order chi connectivity index (χ1) is 27.7. The minimum absolute atomic E-state index is 0.180. The Labute approximate surface area is 331 Å². The van der Waals surface area contributed by atoms with Gasteiger partial charge in [-0.05, 0) is 62.4 Å². The molecule has 1 aromatic heterocycles. The first kappa shape index (κ1) is 38.7. The lowest BCUT2D eigenvalue weighted by atomic mass is 9.77. The van der Waals surface area contributed by atoms with Crippen LogP contribution in [0, 0.1) is 0 Å². The summed E-state index contributed by atoms with van der Waals surface area (Å²) in [5, 5.41) is 13.7. The molecule has 0 fully saturated rings. The van der Waals surface area contributed by atoms with Crippen molar-refractivity contribution in [2.75, 3.05) is 18.5 Å². The van der Waals surface area contributed by atoms with Crippen molar-refractivity contribution in [1.29, 1.82) is 0 Å². The number of carbonyl (C=O) groups is 1. The predicted octanol–water partition coefficient (Wildman–Crippen LogP) is 11.1. The van der Waals surface area contributed by atoms with Crippen LogP contribution < -0.4 is 4.90 Å². The van der Waals surface area contributed by atoms with E-state index in [0.717, 1.165) is 69.2 Å². The maximum atomic E-state index is 13.9. The lowest BCUT2D eigenvalue weighted by Gasteiger charge is -2.36. The summed E-state index contributed by atoms with van der Waals surface area (Å²) in [6, 6.07) is 51.3. The Balaban J connectivity index is 1.25. The average Bonchev–Trinajstić information content (AvgIpc) is 3.74. The Morgan fingerprint density at radius 2 is 1.18 bits per heavy atom. The molecule has 6 aromatic carbocycles. The van der Waals surface area contributed by atoms with Crippen LogP contribution in [0.3, 0.4) is 0 Å². The Hall–Kier alpha value is -6.55. The van der Waals surface area contributed by atoms with Gasteiger partial charge >= 0.3 is 12.2 Å². The highest BCUT2D eigenvalue weighted by atomic mass is 19.4. The molecular formula is C47H43F3N6O. The Morgan fingerprint density at radius 1 is 0.649 bits per heavy atom. The molecule has 0 bridgehead atoms. The van der Waals surface area contributed by atoms with Gasteiger partial charge in [0.2, 0.25) is 0 Å². The Morgan fingerprint density at radius 3 is 1.74 bits per heavy atom. The molecule has 2 amide bonds. The molecule has 10 heteroatoms. The number of amides is 2. The minimum atomic E-state index is -4.60. The molecule has 0 aliphatic carbocycles. The number of nitrogens with zero attached hydrogens (tertiary/aromatic N) is 6. The summed E-state index contributed by atoms with van der Waals surface area (Å²) in [6.07, 6.45) is -2.04. The van der Waals surface area contributed by atoms with Gasteiger partial charge in [-0.25, -0.2) is 9.48 Å². The number of hydrogen-bond donors (Lipinski definition) is 0. The molecule has 0 radical (unpaired) electrons. The van der Waals surface area contributed by atoms with Crippen LogP contribution in [-0.2, 0) is 18.3 Å². The quantitative estimate of drug-likeness (QED) is 0.0866. The third-order valence-corrected chi connectivity index (χ3v) is 10.3. The summed E-state index contributed by atoms with van der Waals surface area (Å²) in [5.41, 5.74) is 4.49. The van der Waals surface area contributed by atoms with Gasteiger partial charge in [-0.3, -0.25) is 4.90 Å². The second kappa shape index (κ2) is 17.1. The molecule has 0 N–H and O–H groups in total. The summed E-state index contributed by atoms with van der Waals surface area (Å²) in [5.74, 6) is 0.570. The van der Waals surface area contributed by atoms with Crippen LogP contribution in [-0.4, -0.2) is 44.7 Å². The van der Waals surface area contributed by atoms with Crippen LogP contribution in [0.4, 0.5) is 23.7 Å². The van der Waals surface area contributed by atoms with Gasteiger partial charge < -0.3 is 4.90 Å². The van der Waals surface area contributed by atoms with E-state index in [1.807, 2.05) is 108 Å². The van der Waals surface area contributed by atoms with Gasteiger partial charge in [0, 0.05) is 25.7 Å².